The number of ketones is 1. The third-order valence-electron chi connectivity index (χ3n) is 5.72. The number of nitrogens with zero attached hydrogens (tertiary/aromatic N) is 2. The van der Waals surface area contributed by atoms with Gasteiger partial charge in [0.05, 0.1) is 24.3 Å². The Morgan fingerprint density at radius 3 is 2.33 bits per heavy atom. The van der Waals surface area contributed by atoms with Crippen molar-refractivity contribution in [3.8, 4) is 5.75 Å². The fraction of sp³-hybridized carbons (Fsp3) is 0.192. The van der Waals surface area contributed by atoms with E-state index in [4.69, 9.17) is 16.3 Å². The highest BCUT2D eigenvalue weighted by molar-refractivity contribution is 6.51. The predicted molar refractivity (Wildman–Crippen MR) is 128 cm³/mol. The normalized spacial score (nSPS) is 17.6. The number of carbonyl (C=O) groups excluding carboxylic acids is 2. The number of aromatic nitrogens is 1. The van der Waals surface area contributed by atoms with E-state index in [9.17, 15) is 14.7 Å². The molecule has 1 aliphatic heterocycles. The third kappa shape index (κ3) is 4.10. The van der Waals surface area contributed by atoms with Gasteiger partial charge in [0.15, 0.2) is 0 Å². The van der Waals surface area contributed by atoms with Crippen molar-refractivity contribution in [1.29, 1.82) is 0 Å². The van der Waals surface area contributed by atoms with Crippen molar-refractivity contribution in [2.24, 2.45) is 0 Å². The van der Waals surface area contributed by atoms with E-state index in [2.05, 4.69) is 18.8 Å². The summed E-state index contributed by atoms with van der Waals surface area (Å²) in [6.45, 7) is 4.16. The number of amides is 1. The summed E-state index contributed by atoms with van der Waals surface area (Å²) >= 11 is 6.15. The van der Waals surface area contributed by atoms with E-state index in [1.165, 1.54) is 18.1 Å². The summed E-state index contributed by atoms with van der Waals surface area (Å²) in [5, 5.41) is 11.6. The zero-order chi connectivity index (χ0) is 23.7. The van der Waals surface area contributed by atoms with Crippen LogP contribution in [0, 0.1) is 0 Å². The number of hydrogen-bond acceptors (Lipinski definition) is 5. The van der Waals surface area contributed by atoms with E-state index in [1.807, 2.05) is 24.3 Å². The zero-order valence-electron chi connectivity index (χ0n) is 18.4. The molecular formula is C26H23ClN2O4. The Kier molecular flexibility index (Phi) is 6.20. The summed E-state index contributed by atoms with van der Waals surface area (Å²) in [6, 6.07) is 14.8. The van der Waals surface area contributed by atoms with Gasteiger partial charge in [-0.15, -0.1) is 0 Å². The van der Waals surface area contributed by atoms with Crippen molar-refractivity contribution in [3.05, 3.63) is 94.3 Å². The van der Waals surface area contributed by atoms with Crippen molar-refractivity contribution in [1.82, 2.24) is 4.98 Å². The van der Waals surface area contributed by atoms with Crippen LogP contribution in [0.25, 0.3) is 5.76 Å². The second-order valence-corrected chi connectivity index (χ2v) is 8.48. The highest BCUT2D eigenvalue weighted by Gasteiger charge is 2.47. The number of hydrogen-bond donors (Lipinski definition) is 1. The Hall–Kier alpha value is -3.64. The van der Waals surface area contributed by atoms with Gasteiger partial charge in [-0.1, -0.05) is 37.6 Å². The fourth-order valence-electron chi connectivity index (χ4n) is 3.99. The first-order valence-corrected chi connectivity index (χ1v) is 10.9. The average Bonchev–Trinajstić information content (AvgIpc) is 3.09. The molecule has 1 unspecified atom stereocenters. The van der Waals surface area contributed by atoms with Gasteiger partial charge in [-0.05, 0) is 59.5 Å². The van der Waals surface area contributed by atoms with E-state index in [-0.39, 0.29) is 16.9 Å². The van der Waals surface area contributed by atoms with Crippen LogP contribution in [0.5, 0.6) is 5.75 Å². The van der Waals surface area contributed by atoms with Crippen LogP contribution in [0.2, 0.25) is 5.02 Å². The molecular weight excluding hydrogens is 440 g/mol. The lowest BCUT2D eigenvalue weighted by molar-refractivity contribution is -0.132. The molecule has 0 saturated carbocycles. The van der Waals surface area contributed by atoms with Crippen LogP contribution in [-0.4, -0.2) is 28.9 Å². The maximum Gasteiger partial charge on any atom is 0.300 e. The first kappa shape index (κ1) is 22.6. The number of rotatable bonds is 5. The Labute approximate surface area is 197 Å². The molecule has 1 aromatic heterocycles. The molecule has 4 rings (SSSR count). The van der Waals surface area contributed by atoms with Gasteiger partial charge in [0.2, 0.25) is 0 Å². The van der Waals surface area contributed by atoms with Crippen molar-refractivity contribution < 1.29 is 19.4 Å². The largest absolute Gasteiger partial charge is 0.507 e. The van der Waals surface area contributed by atoms with Gasteiger partial charge in [0, 0.05) is 23.1 Å². The second kappa shape index (κ2) is 9.08. The topological polar surface area (TPSA) is 79.7 Å². The number of pyridine rings is 1. The molecule has 0 spiro atoms. The Balaban J connectivity index is 1.94. The molecule has 0 aliphatic carbocycles. The number of anilines is 1. The quantitative estimate of drug-likeness (QED) is 0.308. The molecule has 1 atom stereocenters. The summed E-state index contributed by atoms with van der Waals surface area (Å²) in [4.78, 5) is 31.9. The summed E-state index contributed by atoms with van der Waals surface area (Å²) in [5.74, 6) is -1.21. The van der Waals surface area contributed by atoms with E-state index in [0.717, 1.165) is 5.56 Å². The van der Waals surface area contributed by atoms with Gasteiger partial charge in [0.25, 0.3) is 11.7 Å². The van der Waals surface area contributed by atoms with E-state index in [1.54, 1.807) is 36.7 Å². The van der Waals surface area contributed by atoms with Crippen LogP contribution in [0.15, 0.2) is 72.6 Å². The van der Waals surface area contributed by atoms with Crippen molar-refractivity contribution in [3.63, 3.8) is 0 Å². The summed E-state index contributed by atoms with van der Waals surface area (Å²) in [5.41, 5.74) is 2.50. The lowest BCUT2D eigenvalue weighted by Crippen LogP contribution is -2.29. The molecule has 1 aliphatic rings. The van der Waals surface area contributed by atoms with Crippen LogP contribution >= 0.6 is 11.6 Å². The van der Waals surface area contributed by atoms with Gasteiger partial charge < -0.3 is 9.84 Å². The molecule has 6 nitrogen and oxygen atoms in total. The summed E-state index contributed by atoms with van der Waals surface area (Å²) in [7, 11) is 1.45. The number of ether oxygens (including phenoxy) is 1. The minimum absolute atomic E-state index is 0.0419. The summed E-state index contributed by atoms with van der Waals surface area (Å²) < 4.78 is 5.36. The molecule has 1 amide bonds. The Morgan fingerprint density at radius 2 is 1.73 bits per heavy atom. The predicted octanol–water partition coefficient (Wildman–Crippen LogP) is 5.49. The highest BCUT2D eigenvalue weighted by Crippen LogP contribution is 2.43. The van der Waals surface area contributed by atoms with Gasteiger partial charge in [-0.25, -0.2) is 0 Å². The SMILES string of the molecule is COc1ccc(Cl)cc1/C(O)=C1\C(=O)C(=O)N(c2ccc(C(C)C)cc2)C1c1ccncc1. The minimum atomic E-state index is -0.846. The smallest absolute Gasteiger partial charge is 0.300 e. The number of methoxy groups -OCH3 is 1. The standard InChI is InChI=1S/C26H23ClN2O4/c1-15(2)16-4-7-19(8-5-16)29-23(17-10-12-28-13-11-17)22(25(31)26(29)32)24(30)20-14-18(27)6-9-21(20)33-3/h4-15,23,30H,1-3H3/b24-22+. The van der Waals surface area contributed by atoms with Gasteiger partial charge in [-0.3, -0.25) is 19.5 Å². The molecule has 33 heavy (non-hydrogen) atoms. The molecule has 2 heterocycles. The van der Waals surface area contributed by atoms with Crippen molar-refractivity contribution in [2.75, 3.05) is 12.0 Å². The minimum Gasteiger partial charge on any atom is -0.507 e. The molecule has 1 fully saturated rings. The maximum atomic E-state index is 13.2. The van der Waals surface area contributed by atoms with Crippen molar-refractivity contribution >= 4 is 34.7 Å². The van der Waals surface area contributed by atoms with E-state index < -0.39 is 17.7 Å². The van der Waals surface area contributed by atoms with E-state index >= 15 is 0 Å². The zero-order valence-corrected chi connectivity index (χ0v) is 19.2. The lowest BCUT2D eigenvalue weighted by atomic mass is 9.95. The maximum absolute atomic E-state index is 13.2. The molecule has 168 valence electrons. The lowest BCUT2D eigenvalue weighted by Gasteiger charge is -2.25. The Bertz CT molecular complexity index is 1240. The number of Topliss-reactive ketones (excluding diaryl/α,β-unsaturated/α-hetero) is 1. The second-order valence-electron chi connectivity index (χ2n) is 8.04. The van der Waals surface area contributed by atoms with E-state index in [0.29, 0.717) is 27.9 Å². The fourth-order valence-corrected chi connectivity index (χ4v) is 4.16. The van der Waals surface area contributed by atoms with Gasteiger partial charge in [-0.2, -0.15) is 0 Å². The monoisotopic (exact) mass is 462 g/mol. The average molecular weight is 463 g/mol. The highest BCUT2D eigenvalue weighted by atomic mass is 35.5. The Morgan fingerprint density at radius 1 is 1.06 bits per heavy atom. The number of carbonyl (C=O) groups is 2. The molecule has 3 aromatic rings. The number of aliphatic hydroxyl groups excluding tert-OH is 1. The number of aliphatic hydroxyl groups is 1. The van der Waals surface area contributed by atoms with Gasteiger partial charge >= 0.3 is 0 Å². The number of benzene rings is 2. The molecule has 2 aromatic carbocycles. The summed E-state index contributed by atoms with van der Waals surface area (Å²) in [6.07, 6.45) is 3.16. The van der Waals surface area contributed by atoms with Crippen LogP contribution in [0.3, 0.4) is 0 Å². The third-order valence-corrected chi connectivity index (χ3v) is 5.96. The number of halogens is 1. The molecule has 0 radical (unpaired) electrons. The molecule has 0 bridgehead atoms. The molecule has 7 heteroatoms. The first-order chi connectivity index (χ1) is 15.8. The van der Waals surface area contributed by atoms with Crippen LogP contribution in [0.1, 0.15) is 42.5 Å². The molecule has 1 N–H and O–H groups in total. The molecule has 1 saturated heterocycles. The van der Waals surface area contributed by atoms with Crippen molar-refractivity contribution in [2.45, 2.75) is 25.8 Å². The van der Waals surface area contributed by atoms with Crippen LogP contribution in [-0.2, 0) is 9.59 Å². The van der Waals surface area contributed by atoms with Gasteiger partial charge in [0.1, 0.15) is 11.5 Å². The van der Waals surface area contributed by atoms with Crippen LogP contribution < -0.4 is 9.64 Å². The first-order valence-electron chi connectivity index (χ1n) is 10.5. The van der Waals surface area contributed by atoms with Crippen LogP contribution in [0.4, 0.5) is 5.69 Å².